The zero-order chi connectivity index (χ0) is 12.4. The molecule has 17 heavy (non-hydrogen) atoms. The lowest BCUT2D eigenvalue weighted by Gasteiger charge is -2.43. The summed E-state index contributed by atoms with van der Waals surface area (Å²) >= 11 is 0. The SMILES string of the molecule is CC1CCC(N2CCOC(C(=O)O)C2)C(C)C1. The molecule has 0 aromatic rings. The second-order valence-corrected chi connectivity index (χ2v) is 5.66. The average molecular weight is 241 g/mol. The molecule has 4 atom stereocenters. The summed E-state index contributed by atoms with van der Waals surface area (Å²) in [6.07, 6.45) is 3.11. The molecule has 2 fully saturated rings. The quantitative estimate of drug-likeness (QED) is 0.797. The van der Waals surface area contributed by atoms with E-state index in [4.69, 9.17) is 9.84 Å². The van der Waals surface area contributed by atoms with Gasteiger partial charge >= 0.3 is 5.97 Å². The first-order valence-corrected chi connectivity index (χ1v) is 6.66. The van der Waals surface area contributed by atoms with Gasteiger partial charge in [-0.1, -0.05) is 13.8 Å². The highest BCUT2D eigenvalue weighted by Gasteiger charge is 2.35. The maximum absolute atomic E-state index is 11.0. The zero-order valence-corrected chi connectivity index (χ0v) is 10.8. The molecule has 1 saturated carbocycles. The first-order chi connectivity index (χ1) is 8.08. The highest BCUT2D eigenvalue weighted by Crippen LogP contribution is 2.32. The van der Waals surface area contributed by atoms with E-state index in [1.54, 1.807) is 0 Å². The van der Waals surface area contributed by atoms with Crippen LogP contribution in [0.5, 0.6) is 0 Å². The molecule has 0 bridgehead atoms. The fourth-order valence-electron chi connectivity index (χ4n) is 3.31. The molecule has 0 spiro atoms. The van der Waals surface area contributed by atoms with E-state index in [0.717, 1.165) is 12.5 Å². The molecule has 0 radical (unpaired) electrons. The molecular weight excluding hydrogens is 218 g/mol. The maximum Gasteiger partial charge on any atom is 0.334 e. The van der Waals surface area contributed by atoms with Crippen LogP contribution in [-0.2, 0) is 9.53 Å². The number of carboxylic acids is 1. The molecule has 4 unspecified atom stereocenters. The topological polar surface area (TPSA) is 49.8 Å². The number of hydrogen-bond donors (Lipinski definition) is 1. The number of aliphatic carboxylic acids is 1. The van der Waals surface area contributed by atoms with Crippen molar-refractivity contribution >= 4 is 5.97 Å². The molecule has 98 valence electrons. The molecule has 0 amide bonds. The lowest BCUT2D eigenvalue weighted by molar-refractivity contribution is -0.158. The molecule has 1 N–H and O–H groups in total. The summed E-state index contributed by atoms with van der Waals surface area (Å²) in [5.74, 6) is 0.662. The van der Waals surface area contributed by atoms with Crippen LogP contribution in [0.4, 0.5) is 0 Å². The molecule has 0 aromatic carbocycles. The van der Waals surface area contributed by atoms with Crippen LogP contribution < -0.4 is 0 Å². The van der Waals surface area contributed by atoms with Crippen molar-refractivity contribution in [1.82, 2.24) is 4.90 Å². The lowest BCUT2D eigenvalue weighted by Crippen LogP contribution is -2.53. The Kier molecular flexibility index (Phi) is 4.05. The monoisotopic (exact) mass is 241 g/mol. The Hall–Kier alpha value is -0.610. The summed E-state index contributed by atoms with van der Waals surface area (Å²) in [5.41, 5.74) is 0. The molecule has 1 heterocycles. The smallest absolute Gasteiger partial charge is 0.334 e. The van der Waals surface area contributed by atoms with Gasteiger partial charge in [0.2, 0.25) is 0 Å². The fourth-order valence-corrected chi connectivity index (χ4v) is 3.31. The Morgan fingerprint density at radius 1 is 1.35 bits per heavy atom. The number of rotatable bonds is 2. The van der Waals surface area contributed by atoms with Crippen molar-refractivity contribution in [3.63, 3.8) is 0 Å². The zero-order valence-electron chi connectivity index (χ0n) is 10.8. The summed E-state index contributed by atoms with van der Waals surface area (Å²) in [4.78, 5) is 13.3. The van der Waals surface area contributed by atoms with Gasteiger partial charge in [0, 0.05) is 19.1 Å². The second kappa shape index (κ2) is 5.36. The van der Waals surface area contributed by atoms with Gasteiger partial charge in [0.15, 0.2) is 6.10 Å². The normalized spacial score (nSPS) is 40.1. The Labute approximate surface area is 103 Å². The van der Waals surface area contributed by atoms with Crippen molar-refractivity contribution < 1.29 is 14.6 Å². The summed E-state index contributed by atoms with van der Waals surface area (Å²) in [6, 6.07) is 0.553. The van der Waals surface area contributed by atoms with Crippen LogP contribution in [0.1, 0.15) is 33.1 Å². The van der Waals surface area contributed by atoms with Crippen LogP contribution in [0.25, 0.3) is 0 Å². The van der Waals surface area contributed by atoms with E-state index in [2.05, 4.69) is 18.7 Å². The highest BCUT2D eigenvalue weighted by molar-refractivity contribution is 5.72. The van der Waals surface area contributed by atoms with Crippen molar-refractivity contribution in [3.8, 4) is 0 Å². The van der Waals surface area contributed by atoms with Crippen molar-refractivity contribution in [1.29, 1.82) is 0 Å². The van der Waals surface area contributed by atoms with Gasteiger partial charge in [0.05, 0.1) is 6.61 Å². The van der Waals surface area contributed by atoms with Gasteiger partial charge in [-0.05, 0) is 31.1 Å². The van der Waals surface area contributed by atoms with E-state index >= 15 is 0 Å². The summed E-state index contributed by atoms with van der Waals surface area (Å²) in [5, 5.41) is 9.01. The average Bonchev–Trinajstić information content (AvgIpc) is 2.29. The molecule has 1 saturated heterocycles. The molecule has 2 aliphatic rings. The van der Waals surface area contributed by atoms with Crippen LogP contribution in [0.15, 0.2) is 0 Å². The first kappa shape index (κ1) is 12.8. The van der Waals surface area contributed by atoms with Crippen molar-refractivity contribution in [3.05, 3.63) is 0 Å². The van der Waals surface area contributed by atoms with Crippen LogP contribution in [0.2, 0.25) is 0 Å². The van der Waals surface area contributed by atoms with Gasteiger partial charge in [-0.25, -0.2) is 4.79 Å². The molecule has 0 aromatic heterocycles. The van der Waals surface area contributed by atoms with E-state index < -0.39 is 12.1 Å². The third-order valence-corrected chi connectivity index (χ3v) is 4.23. The standard InChI is InChI=1S/C13H23NO3/c1-9-3-4-11(10(2)7-9)14-5-6-17-12(8-14)13(15)16/h9-12H,3-8H2,1-2H3,(H,15,16). The van der Waals surface area contributed by atoms with E-state index in [1.165, 1.54) is 19.3 Å². The van der Waals surface area contributed by atoms with Crippen molar-refractivity contribution in [2.75, 3.05) is 19.7 Å². The van der Waals surface area contributed by atoms with E-state index in [1.807, 2.05) is 0 Å². The third-order valence-electron chi connectivity index (χ3n) is 4.23. The molecule has 2 rings (SSSR count). The Morgan fingerprint density at radius 3 is 2.76 bits per heavy atom. The number of carboxylic acid groups (broad SMARTS) is 1. The second-order valence-electron chi connectivity index (χ2n) is 5.66. The van der Waals surface area contributed by atoms with Crippen LogP contribution in [-0.4, -0.2) is 47.8 Å². The number of carbonyl (C=O) groups is 1. The minimum Gasteiger partial charge on any atom is -0.479 e. The molecule has 4 heteroatoms. The predicted octanol–water partition coefficient (Wildman–Crippen LogP) is 1.60. The van der Waals surface area contributed by atoms with Crippen molar-refractivity contribution in [2.24, 2.45) is 11.8 Å². The third kappa shape index (κ3) is 2.99. The van der Waals surface area contributed by atoms with E-state index in [0.29, 0.717) is 25.1 Å². The molecule has 1 aliphatic heterocycles. The lowest BCUT2D eigenvalue weighted by atomic mass is 9.79. The number of ether oxygens (including phenoxy) is 1. The highest BCUT2D eigenvalue weighted by atomic mass is 16.5. The van der Waals surface area contributed by atoms with Gasteiger partial charge in [-0.15, -0.1) is 0 Å². The molecule has 1 aliphatic carbocycles. The maximum atomic E-state index is 11.0. The van der Waals surface area contributed by atoms with E-state index in [-0.39, 0.29) is 0 Å². The summed E-state index contributed by atoms with van der Waals surface area (Å²) in [7, 11) is 0. The number of nitrogens with zero attached hydrogens (tertiary/aromatic N) is 1. The Balaban J connectivity index is 1.95. The summed E-state index contributed by atoms with van der Waals surface area (Å²) in [6.45, 7) is 6.60. The minimum absolute atomic E-state index is 0.551. The largest absolute Gasteiger partial charge is 0.479 e. The van der Waals surface area contributed by atoms with Gasteiger partial charge in [0.25, 0.3) is 0 Å². The molecular formula is C13H23NO3. The van der Waals surface area contributed by atoms with E-state index in [9.17, 15) is 4.79 Å². The Morgan fingerprint density at radius 2 is 2.12 bits per heavy atom. The molecule has 4 nitrogen and oxygen atoms in total. The number of morpholine rings is 1. The van der Waals surface area contributed by atoms with Crippen LogP contribution in [0, 0.1) is 11.8 Å². The summed E-state index contributed by atoms with van der Waals surface area (Å²) < 4.78 is 5.28. The van der Waals surface area contributed by atoms with Gasteiger partial charge < -0.3 is 9.84 Å². The van der Waals surface area contributed by atoms with Gasteiger partial charge in [-0.2, -0.15) is 0 Å². The number of hydrogen-bond acceptors (Lipinski definition) is 3. The van der Waals surface area contributed by atoms with Gasteiger partial charge in [0.1, 0.15) is 0 Å². The fraction of sp³-hybridized carbons (Fsp3) is 0.923. The minimum atomic E-state index is -0.827. The van der Waals surface area contributed by atoms with Crippen molar-refractivity contribution in [2.45, 2.75) is 45.3 Å². The van der Waals surface area contributed by atoms with Gasteiger partial charge in [-0.3, -0.25) is 4.90 Å². The van der Waals surface area contributed by atoms with Crippen LogP contribution in [0.3, 0.4) is 0 Å². The predicted molar refractivity (Wildman–Crippen MR) is 64.9 cm³/mol. The van der Waals surface area contributed by atoms with Crippen LogP contribution >= 0.6 is 0 Å². The Bertz CT molecular complexity index is 282. The first-order valence-electron chi connectivity index (χ1n) is 6.66.